The molecule has 16 heavy (non-hydrogen) atoms. The molecule has 2 unspecified atom stereocenters. The summed E-state index contributed by atoms with van der Waals surface area (Å²) in [4.78, 5) is 11.7. The summed E-state index contributed by atoms with van der Waals surface area (Å²) in [6, 6.07) is 0. The molecule has 2 aliphatic rings. The Bertz CT molecular complexity index is 238. The van der Waals surface area contributed by atoms with Crippen LogP contribution in [0.25, 0.3) is 0 Å². The maximum Gasteiger partial charge on any atom is 0.220 e. The van der Waals surface area contributed by atoms with Crippen LogP contribution in [0.3, 0.4) is 0 Å². The highest BCUT2D eigenvalue weighted by atomic mass is 16.1. The summed E-state index contributed by atoms with van der Waals surface area (Å²) in [7, 11) is 0. The Kier molecular flexibility index (Phi) is 4.22. The highest BCUT2D eigenvalue weighted by molar-refractivity contribution is 5.76. The van der Waals surface area contributed by atoms with Crippen LogP contribution in [0, 0.1) is 17.8 Å². The van der Waals surface area contributed by atoms with Gasteiger partial charge in [0.25, 0.3) is 0 Å². The molecule has 2 atom stereocenters. The van der Waals surface area contributed by atoms with Crippen molar-refractivity contribution in [3.8, 4) is 0 Å². The van der Waals surface area contributed by atoms with Crippen LogP contribution < -0.4 is 11.1 Å². The first-order valence-electron chi connectivity index (χ1n) is 6.76. The molecule has 0 aromatic heterocycles. The van der Waals surface area contributed by atoms with Crippen LogP contribution in [0.5, 0.6) is 0 Å². The molecule has 3 N–H and O–H groups in total. The van der Waals surface area contributed by atoms with Crippen LogP contribution in [0.1, 0.15) is 44.9 Å². The number of rotatable bonds is 5. The SMILES string of the molecule is NCC1CCCC1CNC(=O)CC1CCC1. The zero-order chi connectivity index (χ0) is 11.4. The zero-order valence-electron chi connectivity index (χ0n) is 10.1. The molecule has 3 nitrogen and oxygen atoms in total. The molecule has 1 amide bonds. The van der Waals surface area contributed by atoms with E-state index in [1.165, 1.54) is 38.5 Å². The topological polar surface area (TPSA) is 55.1 Å². The number of nitrogens with one attached hydrogen (secondary N) is 1. The summed E-state index contributed by atoms with van der Waals surface area (Å²) < 4.78 is 0. The van der Waals surface area contributed by atoms with Crippen LogP contribution in [0.2, 0.25) is 0 Å². The summed E-state index contributed by atoms with van der Waals surface area (Å²) in [6.07, 6.45) is 8.34. The second-order valence-corrected chi connectivity index (χ2v) is 5.49. The molecule has 0 radical (unpaired) electrons. The fourth-order valence-electron chi connectivity index (χ4n) is 2.97. The number of hydrogen-bond donors (Lipinski definition) is 2. The maximum atomic E-state index is 11.7. The number of hydrogen-bond acceptors (Lipinski definition) is 2. The first-order valence-corrected chi connectivity index (χ1v) is 6.76. The molecule has 2 saturated carbocycles. The lowest BCUT2D eigenvalue weighted by Gasteiger charge is -2.25. The number of nitrogens with two attached hydrogens (primary N) is 1. The van der Waals surface area contributed by atoms with Gasteiger partial charge in [0.05, 0.1) is 0 Å². The van der Waals surface area contributed by atoms with Crippen molar-refractivity contribution >= 4 is 5.91 Å². The predicted molar refractivity (Wildman–Crippen MR) is 64.9 cm³/mol. The van der Waals surface area contributed by atoms with Gasteiger partial charge in [0.15, 0.2) is 0 Å². The summed E-state index contributed by atoms with van der Waals surface area (Å²) in [5.41, 5.74) is 5.73. The third-order valence-corrected chi connectivity index (χ3v) is 4.38. The third-order valence-electron chi connectivity index (χ3n) is 4.38. The average molecular weight is 224 g/mol. The Morgan fingerprint density at radius 1 is 1.12 bits per heavy atom. The van der Waals surface area contributed by atoms with E-state index in [4.69, 9.17) is 5.73 Å². The summed E-state index contributed by atoms with van der Waals surface area (Å²) in [5, 5.41) is 3.09. The van der Waals surface area contributed by atoms with Crippen molar-refractivity contribution in [1.82, 2.24) is 5.32 Å². The molecular formula is C13H24N2O. The lowest BCUT2D eigenvalue weighted by atomic mass is 9.83. The van der Waals surface area contributed by atoms with Gasteiger partial charge < -0.3 is 11.1 Å². The second-order valence-electron chi connectivity index (χ2n) is 5.49. The van der Waals surface area contributed by atoms with Gasteiger partial charge in [-0.15, -0.1) is 0 Å². The van der Waals surface area contributed by atoms with Gasteiger partial charge in [0.1, 0.15) is 0 Å². The first-order chi connectivity index (χ1) is 7.79. The Morgan fingerprint density at radius 3 is 2.44 bits per heavy atom. The Morgan fingerprint density at radius 2 is 1.81 bits per heavy atom. The van der Waals surface area contributed by atoms with Gasteiger partial charge in [-0.25, -0.2) is 0 Å². The van der Waals surface area contributed by atoms with E-state index in [2.05, 4.69) is 5.32 Å². The fourth-order valence-corrected chi connectivity index (χ4v) is 2.97. The second kappa shape index (κ2) is 5.67. The van der Waals surface area contributed by atoms with E-state index in [-0.39, 0.29) is 5.91 Å². The van der Waals surface area contributed by atoms with Crippen molar-refractivity contribution < 1.29 is 4.79 Å². The zero-order valence-corrected chi connectivity index (χ0v) is 10.1. The van der Waals surface area contributed by atoms with E-state index >= 15 is 0 Å². The minimum absolute atomic E-state index is 0.257. The molecule has 0 spiro atoms. The van der Waals surface area contributed by atoms with Crippen molar-refractivity contribution in [2.24, 2.45) is 23.5 Å². The van der Waals surface area contributed by atoms with Gasteiger partial charge in [-0.3, -0.25) is 4.79 Å². The molecule has 0 heterocycles. The first kappa shape index (κ1) is 11.9. The quantitative estimate of drug-likeness (QED) is 0.746. The molecule has 92 valence electrons. The van der Waals surface area contributed by atoms with Crippen molar-refractivity contribution in [2.75, 3.05) is 13.1 Å². The maximum absolute atomic E-state index is 11.7. The molecule has 0 saturated heterocycles. The highest BCUT2D eigenvalue weighted by Gasteiger charge is 2.27. The van der Waals surface area contributed by atoms with E-state index in [1.54, 1.807) is 0 Å². The summed E-state index contributed by atoms with van der Waals surface area (Å²) in [6.45, 7) is 1.64. The van der Waals surface area contributed by atoms with E-state index < -0.39 is 0 Å². The van der Waals surface area contributed by atoms with Gasteiger partial charge in [-0.1, -0.05) is 12.8 Å². The Labute approximate surface area is 98.2 Å². The molecule has 0 bridgehead atoms. The van der Waals surface area contributed by atoms with Crippen molar-refractivity contribution in [3.05, 3.63) is 0 Å². The van der Waals surface area contributed by atoms with E-state index in [1.807, 2.05) is 0 Å². The smallest absolute Gasteiger partial charge is 0.220 e. The number of carbonyl (C=O) groups is 1. The molecule has 0 aliphatic heterocycles. The normalized spacial score (nSPS) is 30.1. The van der Waals surface area contributed by atoms with E-state index in [9.17, 15) is 4.79 Å². The number of carbonyl (C=O) groups excluding carboxylic acids is 1. The largest absolute Gasteiger partial charge is 0.356 e. The third kappa shape index (κ3) is 2.97. The highest BCUT2D eigenvalue weighted by Crippen LogP contribution is 2.31. The Hall–Kier alpha value is -0.570. The molecular weight excluding hydrogens is 200 g/mol. The van der Waals surface area contributed by atoms with E-state index in [0.717, 1.165) is 19.5 Å². The summed E-state index contributed by atoms with van der Waals surface area (Å²) in [5.74, 6) is 2.21. The number of amides is 1. The van der Waals surface area contributed by atoms with Crippen molar-refractivity contribution in [3.63, 3.8) is 0 Å². The molecule has 2 aliphatic carbocycles. The molecule has 2 rings (SSSR count). The van der Waals surface area contributed by atoms with Gasteiger partial charge in [0.2, 0.25) is 5.91 Å². The van der Waals surface area contributed by atoms with Gasteiger partial charge in [-0.2, -0.15) is 0 Å². The van der Waals surface area contributed by atoms with Crippen molar-refractivity contribution in [1.29, 1.82) is 0 Å². The minimum Gasteiger partial charge on any atom is -0.356 e. The van der Waals surface area contributed by atoms with Crippen LogP contribution in [-0.4, -0.2) is 19.0 Å². The average Bonchev–Trinajstić information content (AvgIpc) is 2.68. The molecule has 0 aromatic carbocycles. The fraction of sp³-hybridized carbons (Fsp3) is 0.923. The van der Waals surface area contributed by atoms with Crippen molar-refractivity contribution in [2.45, 2.75) is 44.9 Å². The van der Waals surface area contributed by atoms with Crippen LogP contribution in [0.15, 0.2) is 0 Å². The van der Waals surface area contributed by atoms with Gasteiger partial charge in [0, 0.05) is 13.0 Å². The van der Waals surface area contributed by atoms with E-state index in [0.29, 0.717) is 17.8 Å². The molecule has 2 fully saturated rings. The van der Waals surface area contributed by atoms with Crippen LogP contribution in [0.4, 0.5) is 0 Å². The van der Waals surface area contributed by atoms with Crippen LogP contribution in [-0.2, 0) is 4.79 Å². The van der Waals surface area contributed by atoms with Gasteiger partial charge >= 0.3 is 0 Å². The lowest BCUT2D eigenvalue weighted by molar-refractivity contribution is -0.122. The van der Waals surface area contributed by atoms with Crippen LogP contribution >= 0.6 is 0 Å². The monoisotopic (exact) mass is 224 g/mol. The lowest BCUT2D eigenvalue weighted by Crippen LogP contribution is -2.34. The molecule has 3 heteroatoms. The Balaban J connectivity index is 1.63. The molecule has 0 aromatic rings. The minimum atomic E-state index is 0.257. The predicted octanol–water partition coefficient (Wildman–Crippen LogP) is 1.67. The van der Waals surface area contributed by atoms with Gasteiger partial charge in [-0.05, 0) is 50.0 Å². The summed E-state index contributed by atoms with van der Waals surface area (Å²) >= 11 is 0. The standard InChI is InChI=1S/C13H24N2O/c14-8-11-5-2-6-12(11)9-15-13(16)7-10-3-1-4-10/h10-12H,1-9,14H2,(H,15,16).